The number of aromatic nitrogens is 4. The molecule has 0 radical (unpaired) electrons. The van der Waals surface area contributed by atoms with E-state index in [4.69, 9.17) is 4.74 Å². The number of hydrogen-bond donors (Lipinski definition) is 2. The van der Waals surface area contributed by atoms with E-state index in [1.807, 2.05) is 18.7 Å². The Bertz CT molecular complexity index is 1060. The Morgan fingerprint density at radius 3 is 2.89 bits per heavy atom. The summed E-state index contributed by atoms with van der Waals surface area (Å²) in [5.74, 6) is 0.765. The largest absolute Gasteiger partial charge is 0.378 e. The highest BCUT2D eigenvalue weighted by Gasteiger charge is 2.18. The predicted molar refractivity (Wildman–Crippen MR) is 107 cm³/mol. The smallest absolute Gasteiger partial charge is 0.259 e. The maximum atomic E-state index is 14.1. The molecule has 4 rings (SSSR count). The van der Waals surface area contributed by atoms with Crippen LogP contribution in [0.25, 0.3) is 10.2 Å². The average Bonchev–Trinajstić information content (AvgIpc) is 2.98. The summed E-state index contributed by atoms with van der Waals surface area (Å²) >= 11 is 1.52. The Morgan fingerprint density at radius 2 is 2.11 bits per heavy atom. The van der Waals surface area contributed by atoms with Crippen molar-refractivity contribution >= 4 is 33.3 Å². The van der Waals surface area contributed by atoms with E-state index in [-0.39, 0.29) is 11.4 Å². The van der Waals surface area contributed by atoms with Gasteiger partial charge >= 0.3 is 0 Å². The number of morpholine rings is 1. The molecule has 1 saturated heterocycles. The highest BCUT2D eigenvalue weighted by Crippen LogP contribution is 2.25. The first-order valence-corrected chi connectivity index (χ1v) is 9.92. The van der Waals surface area contributed by atoms with Gasteiger partial charge in [-0.15, -0.1) is 11.3 Å². The predicted octanol–water partition coefficient (Wildman–Crippen LogP) is 2.02. The summed E-state index contributed by atoms with van der Waals surface area (Å²) in [6.07, 6.45) is 1.66. The first-order chi connectivity index (χ1) is 13.5. The van der Waals surface area contributed by atoms with Gasteiger partial charge in [-0.3, -0.25) is 4.79 Å². The van der Waals surface area contributed by atoms with E-state index in [1.165, 1.54) is 17.5 Å². The minimum absolute atomic E-state index is 0.116. The van der Waals surface area contributed by atoms with Crippen LogP contribution in [0.5, 0.6) is 0 Å². The Labute approximate surface area is 164 Å². The summed E-state index contributed by atoms with van der Waals surface area (Å²) in [5.41, 5.74) is 0.864. The van der Waals surface area contributed by atoms with Crippen LogP contribution >= 0.6 is 11.3 Å². The maximum absolute atomic E-state index is 14.1. The van der Waals surface area contributed by atoms with Gasteiger partial charge in [-0.1, -0.05) is 0 Å². The van der Waals surface area contributed by atoms with Crippen LogP contribution in [-0.2, 0) is 11.2 Å². The Hall–Kier alpha value is -2.59. The van der Waals surface area contributed by atoms with Crippen molar-refractivity contribution in [2.24, 2.45) is 0 Å². The molecule has 0 unspecified atom stereocenters. The van der Waals surface area contributed by atoms with E-state index in [0.717, 1.165) is 15.3 Å². The van der Waals surface area contributed by atoms with Crippen molar-refractivity contribution in [1.82, 2.24) is 19.9 Å². The number of hydrogen-bond acceptors (Lipinski definition) is 8. The zero-order valence-corrected chi connectivity index (χ0v) is 16.5. The third-order valence-corrected chi connectivity index (χ3v) is 5.87. The monoisotopic (exact) mass is 404 g/mol. The lowest BCUT2D eigenvalue weighted by Gasteiger charge is -2.28. The van der Waals surface area contributed by atoms with Crippen LogP contribution in [0.3, 0.4) is 0 Å². The Kier molecular flexibility index (Phi) is 5.23. The molecule has 1 aliphatic rings. The number of halogens is 1. The quantitative estimate of drug-likeness (QED) is 0.672. The summed E-state index contributed by atoms with van der Waals surface area (Å²) in [4.78, 5) is 31.7. The number of anilines is 2. The molecule has 2 N–H and O–H groups in total. The van der Waals surface area contributed by atoms with Crippen LogP contribution < -0.4 is 15.8 Å². The van der Waals surface area contributed by atoms with E-state index in [9.17, 15) is 9.18 Å². The van der Waals surface area contributed by atoms with Crippen molar-refractivity contribution in [1.29, 1.82) is 0 Å². The summed E-state index contributed by atoms with van der Waals surface area (Å²) in [5, 5.41) is 3.74. The first-order valence-electron chi connectivity index (χ1n) is 9.11. The average molecular weight is 404 g/mol. The van der Waals surface area contributed by atoms with Crippen LogP contribution in [0.15, 0.2) is 11.0 Å². The molecule has 0 aliphatic carbocycles. The number of rotatable bonds is 5. The zero-order chi connectivity index (χ0) is 19.7. The third-order valence-electron chi connectivity index (χ3n) is 4.77. The number of aryl methyl sites for hydroxylation is 2. The SMILES string of the molecule is Cc1sc2nc(CCNc3ncc(F)c(N4CCOCC4)n3)[nH]c(=O)c2c1C. The van der Waals surface area contributed by atoms with Gasteiger partial charge in [-0.25, -0.2) is 14.4 Å². The van der Waals surface area contributed by atoms with Gasteiger partial charge in [-0.05, 0) is 19.4 Å². The van der Waals surface area contributed by atoms with E-state index >= 15 is 0 Å². The molecule has 4 heterocycles. The number of ether oxygens (including phenoxy) is 1. The summed E-state index contributed by atoms with van der Waals surface area (Å²) in [7, 11) is 0. The molecule has 0 aromatic carbocycles. The molecule has 3 aromatic heterocycles. The lowest BCUT2D eigenvalue weighted by Crippen LogP contribution is -2.37. The number of aromatic amines is 1. The summed E-state index contributed by atoms with van der Waals surface area (Å²) in [6, 6.07) is 0. The zero-order valence-electron chi connectivity index (χ0n) is 15.7. The second-order valence-corrected chi connectivity index (χ2v) is 7.82. The van der Waals surface area contributed by atoms with Gasteiger partial charge in [0.2, 0.25) is 5.95 Å². The molecule has 28 heavy (non-hydrogen) atoms. The number of nitrogens with zero attached hydrogens (tertiary/aromatic N) is 4. The number of thiophene rings is 1. The molecule has 0 spiro atoms. The van der Waals surface area contributed by atoms with Crippen molar-refractivity contribution in [3.8, 4) is 0 Å². The molecule has 0 bridgehead atoms. The van der Waals surface area contributed by atoms with Gasteiger partial charge in [0.15, 0.2) is 11.6 Å². The van der Waals surface area contributed by atoms with Crippen molar-refractivity contribution in [3.05, 3.63) is 38.6 Å². The van der Waals surface area contributed by atoms with Gasteiger partial charge in [0, 0.05) is 30.9 Å². The van der Waals surface area contributed by atoms with Gasteiger partial charge in [-0.2, -0.15) is 4.98 Å². The van der Waals surface area contributed by atoms with Crippen LogP contribution in [0.1, 0.15) is 16.3 Å². The van der Waals surface area contributed by atoms with E-state index in [2.05, 4.69) is 25.3 Å². The molecule has 10 heteroatoms. The van der Waals surface area contributed by atoms with Gasteiger partial charge < -0.3 is 19.9 Å². The van der Waals surface area contributed by atoms with Gasteiger partial charge in [0.05, 0.1) is 24.8 Å². The Morgan fingerprint density at radius 1 is 1.32 bits per heavy atom. The third kappa shape index (κ3) is 3.69. The lowest BCUT2D eigenvalue weighted by atomic mass is 10.2. The molecule has 0 atom stereocenters. The molecule has 8 nitrogen and oxygen atoms in total. The van der Waals surface area contributed by atoms with E-state index < -0.39 is 5.82 Å². The molecule has 1 fully saturated rings. The fourth-order valence-electron chi connectivity index (χ4n) is 3.15. The number of H-pyrrole nitrogens is 1. The molecule has 3 aromatic rings. The molecule has 1 aliphatic heterocycles. The van der Waals surface area contributed by atoms with Crippen molar-refractivity contribution in [2.45, 2.75) is 20.3 Å². The fourth-order valence-corrected chi connectivity index (χ4v) is 4.20. The van der Waals surface area contributed by atoms with E-state index in [1.54, 1.807) is 0 Å². The van der Waals surface area contributed by atoms with Crippen LogP contribution in [0.2, 0.25) is 0 Å². The van der Waals surface area contributed by atoms with Crippen molar-refractivity contribution in [2.75, 3.05) is 43.1 Å². The molecule has 0 amide bonds. The summed E-state index contributed by atoms with van der Waals surface area (Å²) in [6.45, 7) is 6.68. The molecular formula is C18H21FN6O2S. The standard InChI is InChI=1S/C18H21FN6O2S/c1-10-11(2)28-17-14(10)16(26)22-13(23-17)3-4-20-18-21-9-12(19)15(24-18)25-5-7-27-8-6-25/h9H,3-8H2,1-2H3,(H,20,21,24)(H,22,23,26). The topological polar surface area (TPSA) is 96.0 Å². The number of fused-ring (bicyclic) bond motifs is 1. The highest BCUT2D eigenvalue weighted by atomic mass is 32.1. The normalized spacial score (nSPS) is 14.6. The second-order valence-electron chi connectivity index (χ2n) is 6.62. The van der Waals surface area contributed by atoms with Crippen LogP contribution in [0, 0.1) is 19.7 Å². The lowest BCUT2D eigenvalue weighted by molar-refractivity contribution is 0.122. The molecule has 148 valence electrons. The Balaban J connectivity index is 1.45. The van der Waals surface area contributed by atoms with Crippen molar-refractivity contribution in [3.63, 3.8) is 0 Å². The number of nitrogens with one attached hydrogen (secondary N) is 2. The second kappa shape index (κ2) is 7.80. The van der Waals surface area contributed by atoms with Crippen LogP contribution in [-0.4, -0.2) is 52.8 Å². The first kappa shape index (κ1) is 18.8. The van der Waals surface area contributed by atoms with Crippen LogP contribution in [0.4, 0.5) is 16.2 Å². The fraction of sp³-hybridized carbons (Fsp3) is 0.444. The maximum Gasteiger partial charge on any atom is 0.259 e. The summed E-state index contributed by atoms with van der Waals surface area (Å²) < 4.78 is 19.4. The molecule has 0 saturated carbocycles. The van der Waals surface area contributed by atoms with E-state index in [0.29, 0.717) is 56.4 Å². The van der Waals surface area contributed by atoms with Gasteiger partial charge in [0.25, 0.3) is 5.56 Å². The minimum Gasteiger partial charge on any atom is -0.378 e. The van der Waals surface area contributed by atoms with Crippen molar-refractivity contribution < 1.29 is 9.13 Å². The minimum atomic E-state index is -0.452. The highest BCUT2D eigenvalue weighted by molar-refractivity contribution is 7.18. The van der Waals surface area contributed by atoms with Gasteiger partial charge in [0.1, 0.15) is 10.7 Å². The molecular weight excluding hydrogens is 383 g/mol.